The second-order valence-corrected chi connectivity index (χ2v) is 6.86. The lowest BCUT2D eigenvalue weighted by atomic mass is 9.98. The quantitative estimate of drug-likeness (QED) is 0.854. The van der Waals surface area contributed by atoms with Crippen LogP contribution >= 0.6 is 0 Å². The molecule has 6 heteroatoms. The Morgan fingerprint density at radius 2 is 2.00 bits per heavy atom. The van der Waals surface area contributed by atoms with Crippen molar-refractivity contribution in [3.8, 4) is 17.3 Å². The van der Waals surface area contributed by atoms with Gasteiger partial charge in [0, 0.05) is 17.8 Å². The van der Waals surface area contributed by atoms with Gasteiger partial charge in [0.05, 0.1) is 6.04 Å². The van der Waals surface area contributed by atoms with Gasteiger partial charge in [-0.25, -0.2) is 4.98 Å². The van der Waals surface area contributed by atoms with Crippen molar-refractivity contribution < 1.29 is 9.26 Å². The van der Waals surface area contributed by atoms with Crippen molar-refractivity contribution in [2.24, 2.45) is 0 Å². The zero-order chi connectivity index (χ0) is 16.4. The van der Waals surface area contributed by atoms with Crippen LogP contribution < -0.4 is 4.74 Å². The molecule has 0 N–H and O–H groups in total. The van der Waals surface area contributed by atoms with E-state index in [1.807, 2.05) is 12.1 Å². The van der Waals surface area contributed by atoms with Gasteiger partial charge in [0.1, 0.15) is 6.10 Å². The van der Waals surface area contributed by atoms with Gasteiger partial charge in [-0.2, -0.15) is 4.98 Å². The van der Waals surface area contributed by atoms with Crippen molar-refractivity contribution in [3.63, 3.8) is 0 Å². The second-order valence-electron chi connectivity index (χ2n) is 6.86. The minimum Gasteiger partial charge on any atom is -0.474 e. The van der Waals surface area contributed by atoms with E-state index in [1.165, 1.54) is 25.7 Å². The van der Waals surface area contributed by atoms with Gasteiger partial charge in [-0.3, -0.25) is 4.90 Å². The Bertz CT molecular complexity index is 664. The van der Waals surface area contributed by atoms with Crippen molar-refractivity contribution in [2.75, 3.05) is 13.6 Å². The lowest BCUT2D eigenvalue weighted by Gasteiger charge is -2.22. The molecular weight excluding hydrogens is 304 g/mol. The van der Waals surface area contributed by atoms with E-state index in [-0.39, 0.29) is 6.04 Å². The first-order valence-corrected chi connectivity index (χ1v) is 8.96. The Kier molecular flexibility index (Phi) is 4.47. The molecule has 1 aliphatic heterocycles. The van der Waals surface area contributed by atoms with Crippen LogP contribution in [0.1, 0.15) is 56.9 Å². The molecule has 0 bridgehead atoms. The van der Waals surface area contributed by atoms with E-state index in [2.05, 4.69) is 27.1 Å². The van der Waals surface area contributed by atoms with Gasteiger partial charge < -0.3 is 9.26 Å². The summed E-state index contributed by atoms with van der Waals surface area (Å²) >= 11 is 0. The third-order valence-corrected chi connectivity index (χ3v) is 5.08. The maximum absolute atomic E-state index is 5.96. The van der Waals surface area contributed by atoms with E-state index >= 15 is 0 Å². The zero-order valence-corrected chi connectivity index (χ0v) is 14.1. The number of ether oxygens (including phenoxy) is 1. The summed E-state index contributed by atoms with van der Waals surface area (Å²) in [5.41, 5.74) is 0.863. The predicted molar refractivity (Wildman–Crippen MR) is 89.6 cm³/mol. The van der Waals surface area contributed by atoms with Crippen LogP contribution in [0.3, 0.4) is 0 Å². The summed E-state index contributed by atoms with van der Waals surface area (Å²) in [7, 11) is 2.10. The largest absolute Gasteiger partial charge is 0.474 e. The molecule has 1 saturated heterocycles. The number of pyridine rings is 1. The Morgan fingerprint density at radius 1 is 1.12 bits per heavy atom. The molecule has 2 aromatic rings. The third kappa shape index (κ3) is 3.29. The highest BCUT2D eigenvalue weighted by molar-refractivity contribution is 5.53. The van der Waals surface area contributed by atoms with Gasteiger partial charge in [-0.15, -0.1) is 0 Å². The first-order chi connectivity index (χ1) is 11.8. The Morgan fingerprint density at radius 3 is 2.71 bits per heavy atom. The Balaban J connectivity index is 1.44. The molecule has 128 valence electrons. The number of hydrogen-bond acceptors (Lipinski definition) is 6. The first kappa shape index (κ1) is 15.6. The summed E-state index contributed by atoms with van der Waals surface area (Å²) in [5.74, 6) is 1.99. The average molecular weight is 328 g/mol. The van der Waals surface area contributed by atoms with Crippen molar-refractivity contribution in [1.29, 1.82) is 0 Å². The number of likely N-dealkylation sites (tertiary alicyclic amines) is 1. The van der Waals surface area contributed by atoms with Crippen LogP contribution in [0.25, 0.3) is 11.4 Å². The van der Waals surface area contributed by atoms with E-state index in [4.69, 9.17) is 9.26 Å². The van der Waals surface area contributed by atoms with Crippen molar-refractivity contribution in [1.82, 2.24) is 20.0 Å². The van der Waals surface area contributed by atoms with Gasteiger partial charge in [-0.05, 0) is 58.2 Å². The molecular formula is C18H24N4O2. The minimum absolute atomic E-state index is 0.244. The number of aromatic nitrogens is 3. The lowest BCUT2D eigenvalue weighted by molar-refractivity contribution is 0.148. The van der Waals surface area contributed by atoms with Gasteiger partial charge >= 0.3 is 0 Å². The molecule has 0 unspecified atom stereocenters. The molecule has 2 aromatic heterocycles. The summed E-state index contributed by atoms with van der Waals surface area (Å²) < 4.78 is 11.4. The van der Waals surface area contributed by atoms with E-state index in [9.17, 15) is 0 Å². The molecule has 0 radical (unpaired) electrons. The second kappa shape index (κ2) is 6.89. The average Bonchev–Trinajstić information content (AvgIpc) is 3.25. The summed E-state index contributed by atoms with van der Waals surface area (Å²) in [4.78, 5) is 11.2. The van der Waals surface area contributed by atoms with Crippen molar-refractivity contribution in [2.45, 2.75) is 57.1 Å². The monoisotopic (exact) mass is 328 g/mol. The summed E-state index contributed by atoms with van der Waals surface area (Å²) in [5, 5.41) is 4.12. The van der Waals surface area contributed by atoms with Gasteiger partial charge in [0.2, 0.25) is 17.6 Å². The van der Waals surface area contributed by atoms with Crippen LogP contribution in [0.5, 0.6) is 5.88 Å². The molecule has 1 atom stereocenters. The van der Waals surface area contributed by atoms with Crippen molar-refractivity contribution in [3.05, 3.63) is 24.2 Å². The fourth-order valence-corrected chi connectivity index (χ4v) is 3.65. The highest BCUT2D eigenvalue weighted by Crippen LogP contribution is 2.30. The lowest BCUT2D eigenvalue weighted by Crippen LogP contribution is -2.20. The van der Waals surface area contributed by atoms with Crippen LogP contribution in [0.15, 0.2) is 22.9 Å². The molecule has 4 rings (SSSR count). The zero-order valence-electron chi connectivity index (χ0n) is 14.1. The van der Waals surface area contributed by atoms with E-state index < -0.39 is 0 Å². The molecule has 24 heavy (non-hydrogen) atoms. The highest BCUT2D eigenvalue weighted by Gasteiger charge is 2.28. The summed E-state index contributed by atoms with van der Waals surface area (Å²) in [6.07, 6.45) is 10.4. The van der Waals surface area contributed by atoms with Gasteiger partial charge in [-0.1, -0.05) is 11.6 Å². The highest BCUT2D eigenvalue weighted by atomic mass is 16.5. The molecule has 1 aliphatic carbocycles. The van der Waals surface area contributed by atoms with E-state index in [0.29, 0.717) is 23.7 Å². The predicted octanol–water partition coefficient (Wildman–Crippen LogP) is 3.61. The van der Waals surface area contributed by atoms with Crippen molar-refractivity contribution >= 4 is 0 Å². The molecule has 0 spiro atoms. The molecule has 2 fully saturated rings. The molecule has 2 aliphatic rings. The molecule has 3 heterocycles. The first-order valence-electron chi connectivity index (χ1n) is 8.96. The summed E-state index contributed by atoms with van der Waals surface area (Å²) in [6.45, 7) is 1.08. The number of hydrogen-bond donors (Lipinski definition) is 0. The molecule has 6 nitrogen and oxygen atoms in total. The minimum atomic E-state index is 0.244. The molecule has 0 amide bonds. The Hall–Kier alpha value is -1.95. The topological polar surface area (TPSA) is 64.3 Å². The van der Waals surface area contributed by atoms with Crippen LogP contribution in [0.2, 0.25) is 0 Å². The molecule has 1 saturated carbocycles. The maximum atomic E-state index is 5.96. The number of nitrogens with zero attached hydrogens (tertiary/aromatic N) is 4. The smallest absolute Gasteiger partial charge is 0.244 e. The Labute approximate surface area is 142 Å². The SMILES string of the molecule is CN1CCC[C@H]1c1nc(-c2ccc(OC3CCCCC3)nc2)no1. The van der Waals surface area contributed by atoms with Crippen LogP contribution in [0.4, 0.5) is 0 Å². The molecule has 0 aromatic carbocycles. The third-order valence-electron chi connectivity index (χ3n) is 5.08. The van der Waals surface area contributed by atoms with Crippen LogP contribution in [0, 0.1) is 0 Å². The normalized spacial score (nSPS) is 22.8. The van der Waals surface area contributed by atoms with Crippen LogP contribution in [-0.4, -0.2) is 39.7 Å². The van der Waals surface area contributed by atoms with Crippen LogP contribution in [-0.2, 0) is 0 Å². The van der Waals surface area contributed by atoms with Gasteiger partial charge in [0.25, 0.3) is 0 Å². The fourth-order valence-electron chi connectivity index (χ4n) is 3.65. The van der Waals surface area contributed by atoms with E-state index in [1.54, 1.807) is 6.20 Å². The maximum Gasteiger partial charge on any atom is 0.244 e. The number of rotatable bonds is 4. The fraction of sp³-hybridized carbons (Fsp3) is 0.611. The van der Waals surface area contributed by atoms with Gasteiger partial charge in [0.15, 0.2) is 0 Å². The standard InChI is InChI=1S/C18H24N4O2/c1-22-11-5-8-15(22)18-20-17(21-24-18)13-9-10-16(19-12-13)23-14-6-3-2-4-7-14/h9-10,12,14-15H,2-8,11H2,1H3/t15-/m0/s1. The van der Waals surface area contributed by atoms with E-state index in [0.717, 1.165) is 31.4 Å². The summed E-state index contributed by atoms with van der Waals surface area (Å²) in [6, 6.07) is 4.10.